The van der Waals surface area contributed by atoms with Crippen LogP contribution in [-0.4, -0.2) is 46.3 Å². The van der Waals surface area contributed by atoms with Crippen LogP contribution in [0.3, 0.4) is 0 Å². The minimum Gasteiger partial charge on any atom is -0.480 e. The van der Waals surface area contributed by atoms with Gasteiger partial charge < -0.3 is 10.2 Å². The molecule has 1 aliphatic heterocycles. The fourth-order valence-electron chi connectivity index (χ4n) is 2.86. The number of nitrogens with zero attached hydrogens (tertiary/aromatic N) is 1. The number of rotatable bonds is 10. The molecule has 2 atom stereocenters. The van der Waals surface area contributed by atoms with Crippen molar-refractivity contribution in [2.24, 2.45) is 0 Å². The highest BCUT2D eigenvalue weighted by Crippen LogP contribution is 2.19. The molecule has 0 aromatic carbocycles. The monoisotopic (exact) mass is 271 g/mol. The fourth-order valence-corrected chi connectivity index (χ4v) is 2.86. The quantitative estimate of drug-likeness (QED) is 0.600. The molecule has 0 radical (unpaired) electrons. The summed E-state index contributed by atoms with van der Waals surface area (Å²) in [6.45, 7) is 3.75. The average molecular weight is 271 g/mol. The van der Waals surface area contributed by atoms with E-state index in [2.05, 4.69) is 6.92 Å². The molecular weight excluding hydrogens is 242 g/mol. The molecule has 112 valence electrons. The molecule has 1 aliphatic rings. The molecule has 19 heavy (non-hydrogen) atoms. The Hall–Kier alpha value is -0.610. The SMILES string of the molecule is CCCCCCCCCCN1CCC(O)[C@H]1C(=O)O. The van der Waals surface area contributed by atoms with E-state index in [9.17, 15) is 9.90 Å². The maximum atomic E-state index is 11.1. The summed E-state index contributed by atoms with van der Waals surface area (Å²) in [7, 11) is 0. The van der Waals surface area contributed by atoms with E-state index in [1.54, 1.807) is 0 Å². The molecule has 0 spiro atoms. The Morgan fingerprint density at radius 1 is 1.11 bits per heavy atom. The predicted octanol–water partition coefficient (Wildman–Crippen LogP) is 2.65. The van der Waals surface area contributed by atoms with Crippen LogP contribution < -0.4 is 0 Å². The van der Waals surface area contributed by atoms with Crippen molar-refractivity contribution in [1.82, 2.24) is 4.90 Å². The van der Waals surface area contributed by atoms with Gasteiger partial charge in [0.25, 0.3) is 0 Å². The van der Waals surface area contributed by atoms with Gasteiger partial charge in [0.2, 0.25) is 0 Å². The maximum absolute atomic E-state index is 11.1. The normalized spacial score (nSPS) is 23.9. The molecule has 1 fully saturated rings. The van der Waals surface area contributed by atoms with Gasteiger partial charge in [0, 0.05) is 6.54 Å². The lowest BCUT2D eigenvalue weighted by molar-refractivity contribution is -0.145. The average Bonchev–Trinajstić information content (AvgIpc) is 2.74. The third-order valence-corrected chi connectivity index (χ3v) is 4.02. The van der Waals surface area contributed by atoms with Crippen LogP contribution in [0.25, 0.3) is 0 Å². The van der Waals surface area contributed by atoms with Crippen molar-refractivity contribution in [3.05, 3.63) is 0 Å². The van der Waals surface area contributed by atoms with Crippen molar-refractivity contribution in [1.29, 1.82) is 0 Å². The maximum Gasteiger partial charge on any atom is 0.323 e. The molecule has 0 aliphatic carbocycles. The molecule has 1 heterocycles. The second-order valence-corrected chi connectivity index (χ2v) is 5.65. The molecule has 1 rings (SSSR count). The lowest BCUT2D eigenvalue weighted by Gasteiger charge is -2.22. The van der Waals surface area contributed by atoms with Crippen LogP contribution in [0.4, 0.5) is 0 Å². The van der Waals surface area contributed by atoms with Crippen molar-refractivity contribution in [2.45, 2.75) is 76.9 Å². The summed E-state index contributed by atoms with van der Waals surface area (Å²) in [6, 6.07) is -0.676. The molecule has 4 nitrogen and oxygen atoms in total. The van der Waals surface area contributed by atoms with E-state index in [0.717, 1.165) is 13.0 Å². The lowest BCUT2D eigenvalue weighted by atomic mass is 10.1. The van der Waals surface area contributed by atoms with Crippen LogP contribution in [0.15, 0.2) is 0 Å². The van der Waals surface area contributed by atoms with E-state index in [1.165, 1.54) is 44.9 Å². The summed E-state index contributed by atoms with van der Waals surface area (Å²) < 4.78 is 0. The Balaban J connectivity index is 2.04. The van der Waals surface area contributed by atoms with Crippen molar-refractivity contribution in [3.63, 3.8) is 0 Å². The first kappa shape index (κ1) is 16.4. The minimum atomic E-state index is -0.885. The van der Waals surface area contributed by atoms with Crippen LogP contribution in [-0.2, 0) is 4.79 Å². The number of unbranched alkanes of at least 4 members (excludes halogenated alkanes) is 7. The van der Waals surface area contributed by atoms with Crippen LogP contribution in [0.5, 0.6) is 0 Å². The van der Waals surface area contributed by atoms with Gasteiger partial charge in [-0.2, -0.15) is 0 Å². The number of carboxylic acid groups (broad SMARTS) is 1. The van der Waals surface area contributed by atoms with Crippen LogP contribution >= 0.6 is 0 Å². The van der Waals surface area contributed by atoms with Crippen LogP contribution in [0.2, 0.25) is 0 Å². The number of aliphatic hydroxyl groups is 1. The Labute approximate surface area is 116 Å². The molecule has 1 unspecified atom stereocenters. The molecular formula is C15H29NO3. The van der Waals surface area contributed by atoms with E-state index >= 15 is 0 Å². The van der Waals surface area contributed by atoms with Gasteiger partial charge in [-0.25, -0.2) is 0 Å². The van der Waals surface area contributed by atoms with E-state index in [1.807, 2.05) is 4.90 Å². The molecule has 0 amide bonds. The third-order valence-electron chi connectivity index (χ3n) is 4.02. The van der Waals surface area contributed by atoms with Gasteiger partial charge in [0.1, 0.15) is 6.04 Å². The topological polar surface area (TPSA) is 60.8 Å². The number of aliphatic carboxylic acids is 1. The molecule has 1 saturated heterocycles. The van der Waals surface area contributed by atoms with Crippen LogP contribution in [0.1, 0.15) is 64.7 Å². The Kier molecular flexibility index (Phi) is 8.07. The molecule has 2 N–H and O–H groups in total. The van der Waals surface area contributed by atoms with Crippen LogP contribution in [0, 0.1) is 0 Å². The first-order chi connectivity index (χ1) is 9.16. The van der Waals surface area contributed by atoms with Gasteiger partial charge in [-0.05, 0) is 19.4 Å². The summed E-state index contributed by atoms with van der Waals surface area (Å²) in [5.74, 6) is -0.885. The summed E-state index contributed by atoms with van der Waals surface area (Å²) in [6.07, 6.45) is 9.96. The summed E-state index contributed by atoms with van der Waals surface area (Å²) >= 11 is 0. The highest BCUT2D eigenvalue weighted by atomic mass is 16.4. The molecule has 0 aromatic rings. The van der Waals surface area contributed by atoms with E-state index < -0.39 is 18.1 Å². The Morgan fingerprint density at radius 3 is 2.26 bits per heavy atom. The number of hydrogen-bond donors (Lipinski definition) is 2. The molecule has 4 heteroatoms. The number of likely N-dealkylation sites (tertiary alicyclic amines) is 1. The van der Waals surface area contributed by atoms with Crippen molar-refractivity contribution in [3.8, 4) is 0 Å². The third kappa shape index (κ3) is 5.91. The molecule has 0 aromatic heterocycles. The zero-order valence-corrected chi connectivity index (χ0v) is 12.2. The van der Waals surface area contributed by atoms with E-state index in [4.69, 9.17) is 5.11 Å². The Morgan fingerprint density at radius 2 is 1.68 bits per heavy atom. The minimum absolute atomic E-state index is 0.591. The predicted molar refractivity (Wildman–Crippen MR) is 76.2 cm³/mol. The van der Waals surface area contributed by atoms with Crippen molar-refractivity contribution >= 4 is 5.97 Å². The second kappa shape index (κ2) is 9.32. The number of hydrogen-bond acceptors (Lipinski definition) is 3. The van der Waals surface area contributed by atoms with Gasteiger partial charge >= 0.3 is 5.97 Å². The standard InChI is InChI=1S/C15H29NO3/c1-2-3-4-5-6-7-8-9-11-16-12-10-13(17)14(16)15(18)19/h13-14,17H,2-12H2,1H3,(H,18,19)/t13?,14-/m0/s1. The van der Waals surface area contributed by atoms with Crippen molar-refractivity contribution < 1.29 is 15.0 Å². The smallest absolute Gasteiger partial charge is 0.323 e. The highest BCUT2D eigenvalue weighted by molar-refractivity contribution is 5.74. The molecule has 0 saturated carbocycles. The van der Waals surface area contributed by atoms with Gasteiger partial charge in [-0.15, -0.1) is 0 Å². The van der Waals surface area contributed by atoms with Gasteiger partial charge in [0.15, 0.2) is 0 Å². The first-order valence-corrected chi connectivity index (χ1v) is 7.81. The van der Waals surface area contributed by atoms with E-state index in [0.29, 0.717) is 13.0 Å². The molecule has 0 bridgehead atoms. The Bertz CT molecular complexity index is 258. The number of aliphatic hydroxyl groups excluding tert-OH is 1. The lowest BCUT2D eigenvalue weighted by Crippen LogP contribution is -2.42. The van der Waals surface area contributed by atoms with E-state index in [-0.39, 0.29) is 0 Å². The summed E-state index contributed by atoms with van der Waals surface area (Å²) in [5, 5.41) is 18.7. The van der Waals surface area contributed by atoms with Gasteiger partial charge in [0.05, 0.1) is 6.10 Å². The van der Waals surface area contributed by atoms with Gasteiger partial charge in [-0.1, -0.05) is 51.9 Å². The number of carbonyl (C=O) groups is 1. The van der Waals surface area contributed by atoms with Crippen molar-refractivity contribution in [2.75, 3.05) is 13.1 Å². The second-order valence-electron chi connectivity index (χ2n) is 5.65. The largest absolute Gasteiger partial charge is 0.480 e. The summed E-state index contributed by atoms with van der Waals surface area (Å²) in [4.78, 5) is 13.0. The number of carboxylic acids is 1. The van der Waals surface area contributed by atoms with Gasteiger partial charge in [-0.3, -0.25) is 9.69 Å². The first-order valence-electron chi connectivity index (χ1n) is 7.81. The highest BCUT2D eigenvalue weighted by Gasteiger charge is 2.37. The summed E-state index contributed by atoms with van der Waals surface area (Å²) in [5.41, 5.74) is 0. The zero-order valence-electron chi connectivity index (χ0n) is 12.2. The zero-order chi connectivity index (χ0) is 14.1. The fraction of sp³-hybridized carbons (Fsp3) is 0.933.